The molecular weight excluding hydrogens is 420 g/mol. The minimum absolute atomic E-state index is 0.199. The van der Waals surface area contributed by atoms with E-state index < -0.39 is 11.5 Å². The third kappa shape index (κ3) is 6.47. The molecule has 0 bridgehead atoms. The molecule has 1 saturated carbocycles. The largest absolute Gasteiger partial charge is 0.468 e. The van der Waals surface area contributed by atoms with Crippen LogP contribution in [0.1, 0.15) is 48.7 Å². The summed E-state index contributed by atoms with van der Waals surface area (Å²) in [4.78, 5) is 37.5. The Bertz CT molecular complexity index is 825. The Morgan fingerprint density at radius 1 is 1.17 bits per heavy atom. The van der Waals surface area contributed by atoms with Gasteiger partial charge in [-0.15, -0.1) is 11.3 Å². The Morgan fingerprint density at radius 3 is 2.43 bits per heavy atom. The van der Waals surface area contributed by atoms with Crippen molar-refractivity contribution < 1.29 is 19.1 Å². The molecule has 1 aromatic carbocycles. The number of rotatable bonds is 6. The molecule has 164 valence electrons. The summed E-state index contributed by atoms with van der Waals surface area (Å²) in [6.07, 6.45) is 5.98. The van der Waals surface area contributed by atoms with E-state index in [2.05, 4.69) is 28.5 Å². The first kappa shape index (κ1) is 24.2. The monoisotopic (exact) mass is 450 g/mol. The third-order valence-corrected chi connectivity index (χ3v) is 6.75. The molecule has 0 aliphatic heterocycles. The highest BCUT2D eigenvalue weighted by Crippen LogP contribution is 2.30. The van der Waals surface area contributed by atoms with Gasteiger partial charge in [-0.2, -0.15) is 11.8 Å². The summed E-state index contributed by atoms with van der Waals surface area (Å²) in [6.45, 7) is 1.94. The Kier molecular flexibility index (Phi) is 9.65. The number of thiophene rings is 1. The van der Waals surface area contributed by atoms with Gasteiger partial charge in [-0.25, -0.2) is 0 Å². The van der Waals surface area contributed by atoms with Crippen molar-refractivity contribution in [3.05, 3.63) is 35.2 Å². The first-order valence-electron chi connectivity index (χ1n) is 10.1. The van der Waals surface area contributed by atoms with Gasteiger partial charge in [0, 0.05) is 4.70 Å². The van der Waals surface area contributed by atoms with Gasteiger partial charge in [-0.3, -0.25) is 14.4 Å². The molecule has 6 nitrogen and oxygen atoms in total. The van der Waals surface area contributed by atoms with E-state index in [4.69, 9.17) is 0 Å². The summed E-state index contributed by atoms with van der Waals surface area (Å²) in [5.74, 6) is 0.151. The fourth-order valence-corrected chi connectivity index (χ4v) is 4.29. The fourth-order valence-electron chi connectivity index (χ4n) is 3.33. The second-order valence-corrected chi connectivity index (χ2v) is 9.32. The summed E-state index contributed by atoms with van der Waals surface area (Å²) < 4.78 is 5.60. The van der Waals surface area contributed by atoms with Gasteiger partial charge in [0.25, 0.3) is 5.91 Å². The van der Waals surface area contributed by atoms with Gasteiger partial charge in [-0.1, -0.05) is 44.4 Å². The van der Waals surface area contributed by atoms with E-state index in [0.717, 1.165) is 29.3 Å². The Hall–Kier alpha value is -2.06. The van der Waals surface area contributed by atoms with Gasteiger partial charge >= 0.3 is 5.97 Å². The van der Waals surface area contributed by atoms with Crippen LogP contribution in [0.5, 0.6) is 0 Å². The minimum atomic E-state index is -0.973. The second-order valence-electron chi connectivity index (χ2n) is 7.08. The van der Waals surface area contributed by atoms with E-state index in [-0.39, 0.29) is 18.4 Å². The average molecular weight is 451 g/mol. The predicted molar refractivity (Wildman–Crippen MR) is 124 cm³/mol. The molecule has 1 heterocycles. The fraction of sp³-hybridized carbons (Fsp3) is 0.500. The van der Waals surface area contributed by atoms with Crippen LogP contribution in [0, 0.1) is 0 Å². The van der Waals surface area contributed by atoms with Crippen LogP contribution in [-0.4, -0.2) is 49.0 Å². The van der Waals surface area contributed by atoms with Crippen molar-refractivity contribution in [2.45, 2.75) is 44.6 Å². The first-order chi connectivity index (χ1) is 14.5. The molecule has 0 unspecified atom stereocenters. The predicted octanol–water partition coefficient (Wildman–Crippen LogP) is 3.99. The Labute approximate surface area is 186 Å². The number of ether oxygens (including phenoxy) is 1. The zero-order chi connectivity index (χ0) is 22.0. The van der Waals surface area contributed by atoms with Crippen molar-refractivity contribution >= 4 is 51.0 Å². The molecule has 0 spiro atoms. The number of fused-ring (bicyclic) bond motifs is 1. The van der Waals surface area contributed by atoms with Gasteiger partial charge in [0.1, 0.15) is 12.1 Å². The molecule has 30 heavy (non-hydrogen) atoms. The third-order valence-electron chi connectivity index (χ3n) is 5.05. The van der Waals surface area contributed by atoms with Gasteiger partial charge in [0.05, 0.1) is 12.0 Å². The van der Waals surface area contributed by atoms with Crippen molar-refractivity contribution in [3.8, 4) is 0 Å². The molecule has 2 N–H and O–H groups in total. The molecule has 1 fully saturated rings. The SMILES string of the molecule is CCSC.COC(=O)CNC(=O)C1(NC(=O)c2cc3ccccc3s2)CCCCC1. The standard InChI is InChI=1S/C19H22N2O4S.C3H8S/c1-25-16(22)12-20-18(24)19(9-5-2-6-10-19)21-17(23)15-11-13-7-3-4-8-14(13)26-15;1-3-4-2/h3-4,7-8,11H,2,5-6,9-10,12H2,1H3,(H,20,24)(H,21,23);3H2,1-2H3. The van der Waals surface area contributed by atoms with Gasteiger partial charge < -0.3 is 15.4 Å². The maximum absolute atomic E-state index is 12.8. The van der Waals surface area contributed by atoms with E-state index in [0.29, 0.717) is 17.7 Å². The molecule has 1 aliphatic rings. The zero-order valence-electron chi connectivity index (χ0n) is 17.8. The van der Waals surface area contributed by atoms with E-state index >= 15 is 0 Å². The molecular formula is C22H30N2O4S2. The number of hydrogen-bond acceptors (Lipinski definition) is 6. The van der Waals surface area contributed by atoms with Crippen molar-refractivity contribution in [2.24, 2.45) is 0 Å². The molecule has 2 amide bonds. The number of methoxy groups -OCH3 is 1. The van der Waals surface area contributed by atoms with Crippen LogP contribution >= 0.6 is 23.1 Å². The maximum atomic E-state index is 12.8. The summed E-state index contributed by atoms with van der Waals surface area (Å²) in [7, 11) is 1.27. The number of amides is 2. The van der Waals surface area contributed by atoms with Crippen LogP contribution in [0.2, 0.25) is 0 Å². The van der Waals surface area contributed by atoms with Crippen LogP contribution < -0.4 is 10.6 Å². The number of hydrogen-bond donors (Lipinski definition) is 2. The summed E-state index contributed by atoms with van der Waals surface area (Å²) in [5, 5.41) is 6.57. The van der Waals surface area contributed by atoms with Crippen molar-refractivity contribution in [1.82, 2.24) is 10.6 Å². The van der Waals surface area contributed by atoms with Crippen LogP contribution in [0.15, 0.2) is 30.3 Å². The second kappa shape index (κ2) is 12.0. The lowest BCUT2D eigenvalue weighted by molar-refractivity contribution is -0.142. The lowest BCUT2D eigenvalue weighted by Gasteiger charge is -2.36. The number of thioether (sulfide) groups is 1. The van der Waals surface area contributed by atoms with Gasteiger partial charge in [-0.05, 0) is 42.4 Å². The van der Waals surface area contributed by atoms with E-state index in [9.17, 15) is 14.4 Å². The van der Waals surface area contributed by atoms with Gasteiger partial charge in [0.2, 0.25) is 5.91 Å². The highest BCUT2D eigenvalue weighted by molar-refractivity contribution is 7.98. The first-order valence-corrected chi connectivity index (χ1v) is 12.3. The normalized spacial score (nSPS) is 14.9. The van der Waals surface area contributed by atoms with Gasteiger partial charge in [0.15, 0.2) is 0 Å². The molecule has 1 aliphatic carbocycles. The molecule has 0 saturated heterocycles. The van der Waals surface area contributed by atoms with Crippen molar-refractivity contribution in [3.63, 3.8) is 0 Å². The summed E-state index contributed by atoms with van der Waals surface area (Å²) in [6, 6.07) is 9.64. The molecule has 3 rings (SSSR count). The molecule has 2 aromatic rings. The van der Waals surface area contributed by atoms with E-state index in [1.165, 1.54) is 24.2 Å². The van der Waals surface area contributed by atoms with Crippen molar-refractivity contribution in [2.75, 3.05) is 25.7 Å². The number of nitrogens with one attached hydrogen (secondary N) is 2. The lowest BCUT2D eigenvalue weighted by Crippen LogP contribution is -2.60. The quantitative estimate of drug-likeness (QED) is 0.650. The smallest absolute Gasteiger partial charge is 0.325 e. The lowest BCUT2D eigenvalue weighted by atomic mass is 9.80. The summed E-state index contributed by atoms with van der Waals surface area (Å²) >= 11 is 3.26. The molecule has 8 heteroatoms. The van der Waals surface area contributed by atoms with Crippen LogP contribution in [-0.2, 0) is 14.3 Å². The number of esters is 1. The Morgan fingerprint density at radius 2 is 1.83 bits per heavy atom. The minimum Gasteiger partial charge on any atom is -0.468 e. The summed E-state index contributed by atoms with van der Waals surface area (Å²) in [5.41, 5.74) is -0.973. The van der Waals surface area contributed by atoms with E-state index in [1.54, 1.807) is 0 Å². The van der Waals surface area contributed by atoms with Crippen LogP contribution in [0.25, 0.3) is 10.1 Å². The molecule has 1 aromatic heterocycles. The highest BCUT2D eigenvalue weighted by atomic mass is 32.2. The van der Waals surface area contributed by atoms with Crippen molar-refractivity contribution in [1.29, 1.82) is 0 Å². The number of benzene rings is 1. The van der Waals surface area contributed by atoms with Crippen LogP contribution in [0.4, 0.5) is 0 Å². The average Bonchev–Trinajstić information content (AvgIpc) is 3.22. The van der Waals surface area contributed by atoms with Crippen LogP contribution in [0.3, 0.4) is 0 Å². The molecule has 0 radical (unpaired) electrons. The van der Waals surface area contributed by atoms with E-state index in [1.807, 2.05) is 42.1 Å². The molecule has 0 atom stereocenters. The maximum Gasteiger partial charge on any atom is 0.325 e. The highest BCUT2D eigenvalue weighted by Gasteiger charge is 2.41. The Balaban J connectivity index is 0.000000735. The topological polar surface area (TPSA) is 84.5 Å². The number of carbonyl (C=O) groups is 3. The zero-order valence-corrected chi connectivity index (χ0v) is 19.4. The number of carbonyl (C=O) groups excluding carboxylic acids is 3.